The Hall–Kier alpha value is -1.86. The third-order valence-corrected chi connectivity index (χ3v) is 4.19. The lowest BCUT2D eigenvalue weighted by molar-refractivity contribution is 0.789. The van der Waals surface area contributed by atoms with Gasteiger partial charge in [-0.3, -0.25) is 0 Å². The van der Waals surface area contributed by atoms with Gasteiger partial charge in [0.05, 0.1) is 0 Å². The van der Waals surface area contributed by atoms with E-state index in [2.05, 4.69) is 54.4 Å². The molecule has 1 heteroatoms. The highest BCUT2D eigenvalue weighted by Gasteiger charge is 2.18. The van der Waals surface area contributed by atoms with Gasteiger partial charge < -0.3 is 5.32 Å². The first-order chi connectivity index (χ1) is 9.81. The minimum atomic E-state index is 1.01. The summed E-state index contributed by atoms with van der Waals surface area (Å²) in [5.41, 5.74) is 8.18. The number of likely N-dealkylation sites (N-methyl/N-ethyl adjacent to an activating group) is 1. The Morgan fingerprint density at radius 1 is 1.00 bits per heavy atom. The van der Waals surface area contributed by atoms with Crippen LogP contribution in [0.4, 0.5) is 0 Å². The van der Waals surface area contributed by atoms with E-state index in [-0.39, 0.29) is 0 Å². The van der Waals surface area contributed by atoms with Crippen LogP contribution in [0, 0.1) is 0 Å². The fourth-order valence-corrected chi connectivity index (χ4v) is 3.15. The van der Waals surface area contributed by atoms with Crippen LogP contribution < -0.4 is 5.32 Å². The Morgan fingerprint density at radius 3 is 2.60 bits per heavy atom. The molecule has 0 heterocycles. The molecule has 3 rings (SSSR count). The fourth-order valence-electron chi connectivity index (χ4n) is 3.15. The second-order valence-corrected chi connectivity index (χ2v) is 5.44. The summed E-state index contributed by atoms with van der Waals surface area (Å²) in [5.74, 6) is 0. The van der Waals surface area contributed by atoms with E-state index >= 15 is 0 Å². The molecule has 0 atom stereocenters. The highest BCUT2D eigenvalue weighted by Crippen LogP contribution is 2.34. The molecule has 0 aliphatic heterocycles. The van der Waals surface area contributed by atoms with Gasteiger partial charge in [0.2, 0.25) is 0 Å². The molecular formula is C19H21N. The van der Waals surface area contributed by atoms with Crippen molar-refractivity contribution < 1.29 is 0 Å². The zero-order valence-corrected chi connectivity index (χ0v) is 12.1. The van der Waals surface area contributed by atoms with Crippen LogP contribution >= 0.6 is 0 Å². The van der Waals surface area contributed by atoms with Crippen LogP contribution in [0.1, 0.15) is 27.8 Å². The van der Waals surface area contributed by atoms with E-state index in [1.807, 2.05) is 7.05 Å². The monoisotopic (exact) mass is 263 g/mol. The van der Waals surface area contributed by atoms with E-state index < -0.39 is 0 Å². The Labute approximate surface area is 121 Å². The van der Waals surface area contributed by atoms with Crippen LogP contribution in [0.15, 0.2) is 49.0 Å². The first kappa shape index (κ1) is 13.1. The fraction of sp³-hybridized carbons (Fsp3) is 0.263. The molecule has 0 amide bonds. The quantitative estimate of drug-likeness (QED) is 0.892. The summed E-state index contributed by atoms with van der Waals surface area (Å²) < 4.78 is 0. The minimum absolute atomic E-state index is 1.01. The summed E-state index contributed by atoms with van der Waals surface area (Å²) in [6.45, 7) is 5.41. The molecule has 1 aliphatic rings. The minimum Gasteiger partial charge on any atom is -0.319 e. The number of benzene rings is 2. The molecule has 0 fully saturated rings. The van der Waals surface area contributed by atoms with Crippen molar-refractivity contribution >= 4 is 5.57 Å². The maximum Gasteiger partial charge on any atom is -0.00111 e. The lowest BCUT2D eigenvalue weighted by atomic mass is 9.90. The molecule has 0 saturated heterocycles. The zero-order chi connectivity index (χ0) is 13.9. The van der Waals surface area contributed by atoms with Crippen LogP contribution in [0.3, 0.4) is 0 Å². The highest BCUT2D eigenvalue weighted by molar-refractivity contribution is 5.84. The summed E-state index contributed by atoms with van der Waals surface area (Å²) in [7, 11) is 2.01. The van der Waals surface area contributed by atoms with E-state index in [1.54, 1.807) is 0 Å². The molecule has 1 N–H and O–H groups in total. The van der Waals surface area contributed by atoms with Crippen LogP contribution in [0.2, 0.25) is 0 Å². The lowest BCUT2D eigenvalue weighted by Crippen LogP contribution is -2.12. The Morgan fingerprint density at radius 2 is 1.75 bits per heavy atom. The van der Waals surface area contributed by atoms with Gasteiger partial charge in [0.1, 0.15) is 0 Å². The Balaban J connectivity index is 2.10. The molecule has 102 valence electrons. The molecule has 2 aromatic carbocycles. The van der Waals surface area contributed by atoms with Crippen LogP contribution in [-0.2, 0) is 19.3 Å². The third-order valence-electron chi connectivity index (χ3n) is 4.19. The summed E-state index contributed by atoms with van der Waals surface area (Å²) >= 11 is 0. The molecule has 0 radical (unpaired) electrons. The molecule has 0 spiro atoms. The molecule has 2 aromatic rings. The van der Waals surface area contributed by atoms with Crippen molar-refractivity contribution in [3.05, 3.63) is 76.9 Å². The van der Waals surface area contributed by atoms with Crippen LogP contribution in [0.25, 0.3) is 5.57 Å². The zero-order valence-electron chi connectivity index (χ0n) is 12.1. The average Bonchev–Trinajstić information content (AvgIpc) is 2.64. The molecule has 0 unspecified atom stereocenters. The third kappa shape index (κ3) is 2.30. The van der Waals surface area contributed by atoms with Gasteiger partial charge in [-0.15, -0.1) is 0 Å². The second kappa shape index (κ2) is 5.64. The maximum absolute atomic E-state index is 4.41. The van der Waals surface area contributed by atoms with E-state index in [0.29, 0.717) is 0 Å². The smallest absolute Gasteiger partial charge is 0.00111 e. The maximum atomic E-state index is 4.41. The molecule has 0 aromatic heterocycles. The number of fused-ring (bicyclic) bond motifs is 2. The van der Waals surface area contributed by atoms with Crippen molar-refractivity contribution in [1.29, 1.82) is 0 Å². The Bertz CT molecular complexity index is 640. The van der Waals surface area contributed by atoms with Crippen molar-refractivity contribution in [2.24, 2.45) is 0 Å². The second-order valence-electron chi connectivity index (χ2n) is 5.44. The van der Waals surface area contributed by atoms with Crippen LogP contribution in [0.5, 0.6) is 0 Å². The lowest BCUT2D eigenvalue weighted by Gasteiger charge is -2.15. The summed E-state index contributed by atoms with van der Waals surface area (Å²) in [4.78, 5) is 0. The molecule has 0 saturated carbocycles. The average molecular weight is 263 g/mol. The number of nitrogens with one attached hydrogen (secondary N) is 1. The SMILES string of the molecule is C=C1c2ccccc2CCc2cccc(CCNC)c21. The number of hydrogen-bond donors (Lipinski definition) is 1. The van der Waals surface area contributed by atoms with Crippen molar-refractivity contribution in [2.75, 3.05) is 13.6 Å². The largest absolute Gasteiger partial charge is 0.319 e. The van der Waals surface area contributed by atoms with Gasteiger partial charge in [-0.2, -0.15) is 0 Å². The summed E-state index contributed by atoms with van der Waals surface area (Å²) in [6.07, 6.45) is 3.28. The number of rotatable bonds is 3. The summed E-state index contributed by atoms with van der Waals surface area (Å²) in [6, 6.07) is 15.4. The molecule has 0 bridgehead atoms. The van der Waals surface area contributed by atoms with Gasteiger partial charge in [-0.25, -0.2) is 0 Å². The van der Waals surface area contributed by atoms with Crippen LogP contribution in [-0.4, -0.2) is 13.6 Å². The van der Waals surface area contributed by atoms with E-state index in [0.717, 1.165) is 25.8 Å². The van der Waals surface area contributed by atoms with Gasteiger partial charge in [0.15, 0.2) is 0 Å². The van der Waals surface area contributed by atoms with Crippen molar-refractivity contribution in [3.63, 3.8) is 0 Å². The summed E-state index contributed by atoms with van der Waals surface area (Å²) in [5, 5.41) is 3.24. The van der Waals surface area contributed by atoms with Crippen molar-refractivity contribution in [1.82, 2.24) is 5.32 Å². The van der Waals surface area contributed by atoms with Gasteiger partial charge in [-0.05, 0) is 66.2 Å². The first-order valence-corrected chi connectivity index (χ1v) is 7.34. The molecule has 1 aliphatic carbocycles. The first-order valence-electron chi connectivity index (χ1n) is 7.34. The van der Waals surface area contributed by atoms with Crippen molar-refractivity contribution in [2.45, 2.75) is 19.3 Å². The van der Waals surface area contributed by atoms with E-state index in [1.165, 1.54) is 33.4 Å². The Kier molecular flexibility index (Phi) is 3.70. The van der Waals surface area contributed by atoms with Gasteiger partial charge in [-0.1, -0.05) is 49.0 Å². The van der Waals surface area contributed by atoms with Crippen molar-refractivity contribution in [3.8, 4) is 0 Å². The number of aryl methyl sites for hydroxylation is 2. The topological polar surface area (TPSA) is 12.0 Å². The molecule has 20 heavy (non-hydrogen) atoms. The normalized spacial score (nSPS) is 13.6. The molecule has 1 nitrogen and oxygen atoms in total. The predicted octanol–water partition coefficient (Wildman–Crippen LogP) is 3.61. The van der Waals surface area contributed by atoms with E-state index in [9.17, 15) is 0 Å². The van der Waals surface area contributed by atoms with E-state index in [4.69, 9.17) is 0 Å². The molecular weight excluding hydrogens is 242 g/mol. The van der Waals surface area contributed by atoms with Gasteiger partial charge >= 0.3 is 0 Å². The standard InChI is InChI=1S/C19H21N/c1-14-18-9-4-3-6-15(18)10-11-16-7-5-8-17(19(14)16)12-13-20-2/h3-9,20H,1,10-13H2,2H3. The van der Waals surface area contributed by atoms with Gasteiger partial charge in [0.25, 0.3) is 0 Å². The van der Waals surface area contributed by atoms with Gasteiger partial charge in [0, 0.05) is 0 Å². The predicted molar refractivity (Wildman–Crippen MR) is 86.1 cm³/mol. The highest BCUT2D eigenvalue weighted by atomic mass is 14.8. The number of hydrogen-bond acceptors (Lipinski definition) is 1.